The van der Waals surface area contributed by atoms with Gasteiger partial charge < -0.3 is 15.0 Å². The molecule has 0 bridgehead atoms. The molecule has 1 saturated heterocycles. The Labute approximate surface area is 240 Å². The maximum absolute atomic E-state index is 13.8. The second kappa shape index (κ2) is 13.3. The van der Waals surface area contributed by atoms with Gasteiger partial charge in [-0.25, -0.2) is 13.1 Å². The van der Waals surface area contributed by atoms with Gasteiger partial charge in [0, 0.05) is 24.8 Å². The summed E-state index contributed by atoms with van der Waals surface area (Å²) in [5, 5.41) is 1.80. The van der Waals surface area contributed by atoms with Gasteiger partial charge in [-0.2, -0.15) is 0 Å². The van der Waals surface area contributed by atoms with Gasteiger partial charge in [-0.05, 0) is 56.0 Å². The molecule has 4 rings (SSSR count). The van der Waals surface area contributed by atoms with Gasteiger partial charge in [-0.1, -0.05) is 60.7 Å². The minimum atomic E-state index is -4.06. The number of piperidine rings is 1. The van der Waals surface area contributed by atoms with Gasteiger partial charge in [0.2, 0.25) is 15.9 Å². The minimum Gasteiger partial charge on any atom is -0.466 e. The average molecular weight is 584 g/mol. The molecular weight excluding hydrogens is 550 g/mol. The number of hydrogen-bond donors (Lipinski definition) is 2. The van der Waals surface area contributed by atoms with Crippen molar-refractivity contribution in [1.29, 1.82) is 0 Å². The number of benzene rings is 3. The van der Waals surface area contributed by atoms with Crippen molar-refractivity contribution in [1.82, 2.24) is 4.72 Å². The number of amides is 1. The maximum Gasteiger partial charge on any atom is 0.310 e. The molecule has 3 aromatic carbocycles. The Balaban J connectivity index is 1.66. The number of sulfonamides is 1. The maximum atomic E-state index is 13.8. The second-order valence-corrected chi connectivity index (χ2v) is 11.9. The quantitative estimate of drug-likeness (QED) is 0.244. The van der Waals surface area contributed by atoms with Gasteiger partial charge in [-0.3, -0.25) is 9.59 Å². The van der Waals surface area contributed by atoms with Crippen LogP contribution in [0.15, 0.2) is 83.8 Å². The Bertz CT molecular complexity index is 1420. The van der Waals surface area contributed by atoms with E-state index in [0.29, 0.717) is 42.9 Å². The van der Waals surface area contributed by atoms with Crippen LogP contribution in [0.5, 0.6) is 0 Å². The summed E-state index contributed by atoms with van der Waals surface area (Å²) in [5.74, 6) is -1.12. The predicted octanol–water partition coefficient (Wildman–Crippen LogP) is 5.42. The number of anilines is 2. The van der Waals surface area contributed by atoms with E-state index in [1.807, 2.05) is 41.3 Å². The Kier molecular flexibility index (Phi) is 9.84. The van der Waals surface area contributed by atoms with Crippen LogP contribution in [0.1, 0.15) is 49.2 Å². The van der Waals surface area contributed by atoms with Gasteiger partial charge in [0.1, 0.15) is 10.3 Å². The third-order valence-electron chi connectivity index (χ3n) is 6.85. The van der Waals surface area contributed by atoms with Crippen molar-refractivity contribution in [2.24, 2.45) is 5.92 Å². The SMILES string of the molecule is CCOC(=O)C1CCCN(c2ccc(NC(=O)C(Cl)c3ccccc3)cc2S(=O)(=O)NC(C)c2ccccc2)C1. The molecule has 0 aromatic heterocycles. The van der Waals surface area contributed by atoms with E-state index in [-0.39, 0.29) is 23.4 Å². The molecule has 3 atom stereocenters. The zero-order valence-corrected chi connectivity index (χ0v) is 24.1. The summed E-state index contributed by atoms with van der Waals surface area (Å²) in [6.07, 6.45) is 1.38. The van der Waals surface area contributed by atoms with Gasteiger partial charge in [0.05, 0.1) is 18.2 Å². The Hall–Kier alpha value is -3.40. The van der Waals surface area contributed by atoms with Crippen LogP contribution in [0.2, 0.25) is 0 Å². The highest BCUT2D eigenvalue weighted by atomic mass is 35.5. The molecule has 2 N–H and O–H groups in total. The van der Waals surface area contributed by atoms with Crippen molar-refractivity contribution in [3.63, 3.8) is 0 Å². The molecule has 1 aliphatic heterocycles. The summed E-state index contributed by atoms with van der Waals surface area (Å²) >= 11 is 6.40. The van der Waals surface area contributed by atoms with Gasteiger partial charge in [0.25, 0.3) is 0 Å². The van der Waals surface area contributed by atoms with Crippen LogP contribution in [-0.2, 0) is 24.3 Å². The molecule has 212 valence electrons. The van der Waals surface area contributed by atoms with E-state index in [1.54, 1.807) is 50.2 Å². The molecule has 0 aliphatic carbocycles. The lowest BCUT2D eigenvalue weighted by atomic mass is 9.97. The monoisotopic (exact) mass is 583 g/mol. The second-order valence-electron chi connectivity index (χ2n) is 9.74. The lowest BCUT2D eigenvalue weighted by Crippen LogP contribution is -2.40. The number of alkyl halides is 1. The highest BCUT2D eigenvalue weighted by molar-refractivity contribution is 7.89. The van der Waals surface area contributed by atoms with E-state index in [2.05, 4.69) is 10.0 Å². The number of carbonyl (C=O) groups excluding carboxylic acids is 2. The average Bonchev–Trinajstić information content (AvgIpc) is 2.97. The van der Waals surface area contributed by atoms with Crippen molar-refractivity contribution in [3.8, 4) is 0 Å². The van der Waals surface area contributed by atoms with E-state index in [0.717, 1.165) is 5.56 Å². The zero-order valence-electron chi connectivity index (χ0n) is 22.5. The Morgan fingerprint density at radius 2 is 1.68 bits per heavy atom. The lowest BCUT2D eigenvalue weighted by Gasteiger charge is -2.34. The van der Waals surface area contributed by atoms with Crippen molar-refractivity contribution < 1.29 is 22.7 Å². The van der Waals surface area contributed by atoms with Crippen LogP contribution in [0.25, 0.3) is 0 Å². The van der Waals surface area contributed by atoms with Crippen molar-refractivity contribution in [2.45, 2.75) is 43.0 Å². The first-order chi connectivity index (χ1) is 19.2. The molecule has 0 spiro atoms. The summed E-state index contributed by atoms with van der Waals surface area (Å²) < 4.78 is 35.6. The zero-order chi connectivity index (χ0) is 28.7. The number of hydrogen-bond acceptors (Lipinski definition) is 6. The number of carbonyl (C=O) groups is 2. The normalized spacial score (nSPS) is 17.1. The first-order valence-electron chi connectivity index (χ1n) is 13.3. The van der Waals surface area contributed by atoms with Gasteiger partial charge in [-0.15, -0.1) is 11.6 Å². The third-order valence-corrected chi connectivity index (χ3v) is 8.87. The van der Waals surface area contributed by atoms with Crippen molar-refractivity contribution >= 4 is 44.9 Å². The summed E-state index contributed by atoms with van der Waals surface area (Å²) in [4.78, 5) is 27.3. The summed E-state index contributed by atoms with van der Waals surface area (Å²) in [6.45, 7) is 4.73. The van der Waals surface area contributed by atoms with Crippen LogP contribution in [0.4, 0.5) is 11.4 Å². The fourth-order valence-corrected chi connectivity index (χ4v) is 6.48. The minimum absolute atomic E-state index is 0.00317. The van der Waals surface area contributed by atoms with Crippen molar-refractivity contribution in [3.05, 3.63) is 90.0 Å². The molecular formula is C30H34ClN3O5S. The molecule has 1 amide bonds. The first-order valence-corrected chi connectivity index (χ1v) is 15.2. The molecule has 3 unspecified atom stereocenters. The fraction of sp³-hybridized carbons (Fsp3) is 0.333. The molecule has 40 heavy (non-hydrogen) atoms. The topological polar surface area (TPSA) is 105 Å². The third kappa shape index (κ3) is 7.21. The van der Waals surface area contributed by atoms with E-state index < -0.39 is 27.3 Å². The Morgan fingerprint density at radius 1 is 1.02 bits per heavy atom. The lowest BCUT2D eigenvalue weighted by molar-refractivity contribution is -0.148. The largest absolute Gasteiger partial charge is 0.466 e. The summed E-state index contributed by atoms with van der Waals surface area (Å²) in [5.41, 5.74) is 2.18. The molecule has 10 heteroatoms. The molecule has 8 nitrogen and oxygen atoms in total. The smallest absolute Gasteiger partial charge is 0.310 e. The van der Waals surface area contributed by atoms with Crippen LogP contribution in [-0.4, -0.2) is 40.0 Å². The van der Waals surface area contributed by atoms with Gasteiger partial charge >= 0.3 is 5.97 Å². The van der Waals surface area contributed by atoms with Crippen LogP contribution >= 0.6 is 11.6 Å². The fourth-order valence-electron chi connectivity index (χ4n) is 4.80. The van der Waals surface area contributed by atoms with Crippen LogP contribution < -0.4 is 14.9 Å². The van der Waals surface area contributed by atoms with Crippen molar-refractivity contribution in [2.75, 3.05) is 29.9 Å². The van der Waals surface area contributed by atoms with Crippen LogP contribution in [0, 0.1) is 5.92 Å². The van der Waals surface area contributed by atoms with E-state index in [4.69, 9.17) is 16.3 Å². The molecule has 0 radical (unpaired) electrons. The molecule has 1 aliphatic rings. The molecule has 1 fully saturated rings. The van der Waals surface area contributed by atoms with Gasteiger partial charge in [0.15, 0.2) is 0 Å². The van der Waals surface area contributed by atoms with E-state index >= 15 is 0 Å². The molecule has 1 heterocycles. The summed E-state index contributed by atoms with van der Waals surface area (Å²) in [7, 11) is -4.06. The number of nitrogens with one attached hydrogen (secondary N) is 2. The standard InChI is InChI=1S/C30H34ClN3O5S/c1-3-39-30(36)24-15-10-18-34(20-24)26-17-16-25(32-29(35)28(31)23-13-8-5-9-14-23)19-27(26)40(37,38)33-21(2)22-11-6-4-7-12-22/h4-9,11-14,16-17,19,21,24,28,33H,3,10,15,18,20H2,1-2H3,(H,32,35). The number of esters is 1. The first kappa shape index (κ1) is 29.6. The molecule has 3 aromatic rings. The number of halogens is 1. The summed E-state index contributed by atoms with van der Waals surface area (Å²) in [6, 6.07) is 22.4. The predicted molar refractivity (Wildman–Crippen MR) is 157 cm³/mol. The van der Waals surface area contributed by atoms with E-state index in [9.17, 15) is 18.0 Å². The van der Waals surface area contributed by atoms with Crippen LogP contribution in [0.3, 0.4) is 0 Å². The highest BCUT2D eigenvalue weighted by Crippen LogP contribution is 2.33. The molecule has 0 saturated carbocycles. The number of ether oxygens (including phenoxy) is 1. The number of rotatable bonds is 10. The van der Waals surface area contributed by atoms with E-state index in [1.165, 1.54) is 6.07 Å². The number of nitrogens with zero attached hydrogens (tertiary/aromatic N) is 1. The Morgan fingerprint density at radius 3 is 2.33 bits per heavy atom. The highest BCUT2D eigenvalue weighted by Gasteiger charge is 2.31.